The van der Waals surface area contributed by atoms with Crippen LogP contribution in [-0.2, 0) is 13.1 Å². The first-order valence-electron chi connectivity index (χ1n) is 11.1. The molecule has 4 rings (SSSR count). The zero-order valence-electron chi connectivity index (χ0n) is 19.5. The molecule has 7 nitrogen and oxygen atoms in total. The largest absolute Gasteiger partial charge is 0.497 e. The third-order valence-corrected chi connectivity index (χ3v) is 5.65. The number of carbonyl (C=O) groups excluding carboxylic acids is 1. The molecule has 0 unspecified atom stereocenters. The number of nitrogens with one attached hydrogen (secondary N) is 1. The van der Waals surface area contributed by atoms with Crippen LogP contribution in [0, 0.1) is 0 Å². The predicted molar refractivity (Wildman–Crippen MR) is 132 cm³/mol. The van der Waals surface area contributed by atoms with Crippen LogP contribution >= 0.6 is 0 Å². The molecule has 0 aliphatic heterocycles. The first-order chi connectivity index (χ1) is 16.5. The maximum atomic E-state index is 13.2. The highest BCUT2D eigenvalue weighted by Gasteiger charge is 2.14. The highest BCUT2D eigenvalue weighted by atomic mass is 16.5. The van der Waals surface area contributed by atoms with Crippen molar-refractivity contribution in [1.82, 2.24) is 14.9 Å². The van der Waals surface area contributed by atoms with Gasteiger partial charge in [-0.05, 0) is 42.8 Å². The number of para-hydroxylation sites is 2. The fourth-order valence-corrected chi connectivity index (χ4v) is 3.88. The van der Waals surface area contributed by atoms with Crippen LogP contribution in [0.15, 0.2) is 71.5 Å². The Morgan fingerprint density at radius 3 is 2.47 bits per heavy atom. The Labute approximate surface area is 198 Å². The summed E-state index contributed by atoms with van der Waals surface area (Å²) < 4.78 is 12.4. The molecule has 0 fully saturated rings. The SMILES string of the molecule is CCCn1c(=O)c(-c2ccc(C(=O)NCc3ccc(OC)cc3OC)cc2)nc2ccccc21. The number of nitrogens with zero attached hydrogens (tertiary/aromatic N) is 2. The second-order valence-corrected chi connectivity index (χ2v) is 7.84. The van der Waals surface area contributed by atoms with E-state index >= 15 is 0 Å². The Hall–Kier alpha value is -4.13. The van der Waals surface area contributed by atoms with Crippen LogP contribution in [0.4, 0.5) is 0 Å². The van der Waals surface area contributed by atoms with Gasteiger partial charge in [0.05, 0.1) is 25.3 Å². The van der Waals surface area contributed by atoms with Crippen molar-refractivity contribution in [1.29, 1.82) is 0 Å². The van der Waals surface area contributed by atoms with Crippen LogP contribution in [0.5, 0.6) is 11.5 Å². The number of methoxy groups -OCH3 is 2. The molecule has 3 aromatic carbocycles. The second kappa shape index (κ2) is 10.2. The fraction of sp³-hybridized carbons (Fsp3) is 0.222. The van der Waals surface area contributed by atoms with Crippen LogP contribution in [-0.4, -0.2) is 29.7 Å². The lowest BCUT2D eigenvalue weighted by Gasteiger charge is -2.12. The summed E-state index contributed by atoms with van der Waals surface area (Å²) in [5, 5.41) is 2.91. The molecule has 34 heavy (non-hydrogen) atoms. The van der Waals surface area contributed by atoms with Gasteiger partial charge in [0.1, 0.15) is 17.2 Å². The van der Waals surface area contributed by atoms with Gasteiger partial charge in [-0.25, -0.2) is 4.98 Å². The molecule has 0 saturated carbocycles. The van der Waals surface area contributed by atoms with E-state index in [9.17, 15) is 9.59 Å². The summed E-state index contributed by atoms with van der Waals surface area (Å²) in [5.41, 5.74) is 3.83. The van der Waals surface area contributed by atoms with Gasteiger partial charge in [0.15, 0.2) is 0 Å². The number of benzene rings is 3. The van der Waals surface area contributed by atoms with Gasteiger partial charge in [-0.15, -0.1) is 0 Å². The number of amides is 1. The summed E-state index contributed by atoms with van der Waals surface area (Å²) in [6.45, 7) is 2.96. The zero-order valence-corrected chi connectivity index (χ0v) is 19.5. The van der Waals surface area contributed by atoms with E-state index in [4.69, 9.17) is 9.47 Å². The van der Waals surface area contributed by atoms with Crippen molar-refractivity contribution in [3.05, 3.63) is 88.2 Å². The Kier molecular flexibility index (Phi) is 6.92. The molecule has 0 radical (unpaired) electrons. The summed E-state index contributed by atoms with van der Waals surface area (Å²) in [7, 11) is 3.17. The van der Waals surface area contributed by atoms with Gasteiger partial charge in [0.2, 0.25) is 0 Å². The van der Waals surface area contributed by atoms with E-state index < -0.39 is 0 Å². The van der Waals surface area contributed by atoms with E-state index in [1.165, 1.54) is 0 Å². The quantitative estimate of drug-likeness (QED) is 0.424. The van der Waals surface area contributed by atoms with Gasteiger partial charge in [0.25, 0.3) is 11.5 Å². The number of rotatable bonds is 8. The molecule has 7 heteroatoms. The average molecular weight is 458 g/mol. The van der Waals surface area contributed by atoms with Crippen molar-refractivity contribution in [2.75, 3.05) is 14.2 Å². The minimum atomic E-state index is -0.223. The number of aryl methyl sites for hydroxylation is 1. The lowest BCUT2D eigenvalue weighted by Crippen LogP contribution is -2.24. The van der Waals surface area contributed by atoms with Crippen molar-refractivity contribution < 1.29 is 14.3 Å². The van der Waals surface area contributed by atoms with E-state index in [0.29, 0.717) is 41.4 Å². The standard InChI is InChI=1S/C27H27N3O4/c1-4-15-30-23-8-6-5-7-22(23)29-25(27(30)32)18-9-11-19(12-10-18)26(31)28-17-20-13-14-21(33-2)16-24(20)34-3/h5-14,16H,4,15,17H2,1-3H3,(H,28,31). The van der Waals surface area contributed by atoms with E-state index in [1.807, 2.05) is 43.3 Å². The molecular formula is C27H27N3O4. The Bertz CT molecular complexity index is 1380. The monoisotopic (exact) mass is 457 g/mol. The molecule has 0 atom stereocenters. The van der Waals surface area contributed by atoms with Gasteiger partial charge < -0.3 is 19.4 Å². The third kappa shape index (κ3) is 4.64. The number of ether oxygens (including phenoxy) is 2. The molecule has 4 aromatic rings. The summed E-state index contributed by atoms with van der Waals surface area (Å²) in [6, 6.07) is 20.0. The molecule has 0 aliphatic rings. The average Bonchev–Trinajstić information content (AvgIpc) is 2.88. The van der Waals surface area contributed by atoms with Gasteiger partial charge in [-0.3, -0.25) is 9.59 Å². The van der Waals surface area contributed by atoms with Crippen molar-refractivity contribution >= 4 is 16.9 Å². The van der Waals surface area contributed by atoms with Crippen LogP contribution in [0.25, 0.3) is 22.3 Å². The lowest BCUT2D eigenvalue weighted by atomic mass is 10.1. The molecule has 0 aliphatic carbocycles. The number of fused-ring (bicyclic) bond motifs is 1. The molecule has 0 bridgehead atoms. The van der Waals surface area contributed by atoms with Crippen molar-refractivity contribution in [2.45, 2.75) is 26.4 Å². The summed E-state index contributed by atoms with van der Waals surface area (Å²) in [5.74, 6) is 1.10. The fourth-order valence-electron chi connectivity index (χ4n) is 3.88. The number of hydrogen-bond donors (Lipinski definition) is 1. The number of aromatic nitrogens is 2. The van der Waals surface area contributed by atoms with Crippen LogP contribution in [0.3, 0.4) is 0 Å². The predicted octanol–water partition coefficient (Wildman–Crippen LogP) is 4.42. The maximum Gasteiger partial charge on any atom is 0.277 e. The van der Waals surface area contributed by atoms with Crippen molar-refractivity contribution in [3.8, 4) is 22.8 Å². The minimum Gasteiger partial charge on any atom is -0.497 e. The summed E-state index contributed by atoms with van der Waals surface area (Å²) in [6.07, 6.45) is 0.839. The lowest BCUT2D eigenvalue weighted by molar-refractivity contribution is 0.0950. The van der Waals surface area contributed by atoms with Gasteiger partial charge in [0, 0.05) is 35.8 Å². The number of hydrogen-bond acceptors (Lipinski definition) is 5. The molecule has 1 amide bonds. The number of carbonyl (C=O) groups is 1. The molecular weight excluding hydrogens is 430 g/mol. The van der Waals surface area contributed by atoms with Crippen molar-refractivity contribution in [3.63, 3.8) is 0 Å². The highest BCUT2D eigenvalue weighted by molar-refractivity contribution is 5.94. The second-order valence-electron chi connectivity index (χ2n) is 7.84. The normalized spacial score (nSPS) is 10.8. The molecule has 0 spiro atoms. The molecule has 1 aromatic heterocycles. The molecule has 1 N–H and O–H groups in total. The van der Waals surface area contributed by atoms with E-state index in [-0.39, 0.29) is 11.5 Å². The van der Waals surface area contributed by atoms with Gasteiger partial charge in [-0.2, -0.15) is 0 Å². The van der Waals surface area contributed by atoms with E-state index in [2.05, 4.69) is 10.3 Å². The van der Waals surface area contributed by atoms with Crippen LogP contribution in [0.2, 0.25) is 0 Å². The highest BCUT2D eigenvalue weighted by Crippen LogP contribution is 2.24. The zero-order chi connectivity index (χ0) is 24.1. The minimum absolute atomic E-state index is 0.135. The smallest absolute Gasteiger partial charge is 0.277 e. The summed E-state index contributed by atoms with van der Waals surface area (Å²) >= 11 is 0. The van der Waals surface area contributed by atoms with Crippen molar-refractivity contribution in [2.24, 2.45) is 0 Å². The molecule has 0 saturated heterocycles. The van der Waals surface area contributed by atoms with E-state index in [0.717, 1.165) is 23.0 Å². The molecule has 174 valence electrons. The maximum absolute atomic E-state index is 13.2. The Morgan fingerprint density at radius 2 is 1.76 bits per heavy atom. The first-order valence-corrected chi connectivity index (χ1v) is 11.1. The molecule has 1 heterocycles. The van der Waals surface area contributed by atoms with Crippen LogP contribution < -0.4 is 20.3 Å². The third-order valence-electron chi connectivity index (χ3n) is 5.65. The van der Waals surface area contributed by atoms with Gasteiger partial charge >= 0.3 is 0 Å². The summed E-state index contributed by atoms with van der Waals surface area (Å²) in [4.78, 5) is 30.5. The van der Waals surface area contributed by atoms with Gasteiger partial charge in [-0.1, -0.05) is 31.2 Å². The Morgan fingerprint density at radius 1 is 1.00 bits per heavy atom. The van der Waals surface area contributed by atoms with E-state index in [1.54, 1.807) is 49.1 Å². The topological polar surface area (TPSA) is 82.5 Å². The first kappa shape index (κ1) is 23.0. The van der Waals surface area contributed by atoms with Crippen LogP contribution in [0.1, 0.15) is 29.3 Å². The Balaban J connectivity index is 1.56.